The number of carbonyl (C=O) groups is 2. The van der Waals surface area contributed by atoms with Crippen LogP contribution in [0, 0.1) is 0 Å². The highest BCUT2D eigenvalue weighted by Gasteiger charge is 2.22. The molecule has 0 unspecified atom stereocenters. The number of unbranched alkanes of at least 4 members (excludes halogenated alkanes) is 3. The van der Waals surface area contributed by atoms with E-state index in [1.54, 1.807) is 48.3 Å². The molecule has 0 saturated carbocycles. The van der Waals surface area contributed by atoms with Gasteiger partial charge in [-0.05, 0) is 115 Å². The van der Waals surface area contributed by atoms with Gasteiger partial charge in [-0.1, -0.05) is 54.2 Å². The molecular formula is C37H48N2O5. The summed E-state index contributed by atoms with van der Waals surface area (Å²) in [5.74, 6) is 6.91. The predicted octanol–water partition coefficient (Wildman–Crippen LogP) is 8.57. The zero-order chi connectivity index (χ0) is 32.5. The summed E-state index contributed by atoms with van der Waals surface area (Å²) in [7, 11) is 0. The predicted molar refractivity (Wildman–Crippen MR) is 178 cm³/mol. The molecule has 7 heteroatoms. The Morgan fingerprint density at radius 3 is 1.77 bits per heavy atom. The highest BCUT2D eigenvalue weighted by Crippen LogP contribution is 2.35. The van der Waals surface area contributed by atoms with E-state index in [0.29, 0.717) is 35.8 Å². The lowest BCUT2D eigenvalue weighted by Gasteiger charge is -2.29. The van der Waals surface area contributed by atoms with Crippen molar-refractivity contribution in [3.05, 3.63) is 95.6 Å². The van der Waals surface area contributed by atoms with E-state index in [1.807, 2.05) is 12.1 Å². The third-order valence-corrected chi connectivity index (χ3v) is 7.23. The van der Waals surface area contributed by atoms with Gasteiger partial charge in [-0.2, -0.15) is 0 Å². The highest BCUT2D eigenvalue weighted by atomic mass is 16.5. The number of hydrazine groups is 1. The highest BCUT2D eigenvalue weighted by molar-refractivity contribution is 5.91. The summed E-state index contributed by atoms with van der Waals surface area (Å²) >= 11 is 0. The molecule has 0 radical (unpaired) electrons. The fourth-order valence-electron chi connectivity index (χ4n) is 4.33. The third-order valence-electron chi connectivity index (χ3n) is 7.23. The molecular weight excluding hydrogens is 552 g/mol. The Hall–Kier alpha value is -4.10. The molecule has 0 bridgehead atoms. The quantitative estimate of drug-likeness (QED) is 0.0525. The van der Waals surface area contributed by atoms with Crippen LogP contribution in [0.25, 0.3) is 0 Å². The van der Waals surface area contributed by atoms with Crippen molar-refractivity contribution in [1.29, 1.82) is 0 Å². The summed E-state index contributed by atoms with van der Waals surface area (Å²) in [6, 6.07) is 20.6. The molecule has 0 aromatic heterocycles. The molecule has 0 heterocycles. The molecule has 3 aromatic rings. The molecule has 44 heavy (non-hydrogen) atoms. The van der Waals surface area contributed by atoms with Crippen LogP contribution in [0.5, 0.6) is 11.5 Å². The van der Waals surface area contributed by atoms with Gasteiger partial charge in [0.2, 0.25) is 0 Å². The van der Waals surface area contributed by atoms with Crippen molar-refractivity contribution in [2.24, 2.45) is 5.84 Å². The Morgan fingerprint density at radius 1 is 0.727 bits per heavy atom. The van der Waals surface area contributed by atoms with E-state index in [9.17, 15) is 9.59 Å². The zero-order valence-electron chi connectivity index (χ0n) is 27.4. The fourth-order valence-corrected chi connectivity index (χ4v) is 4.33. The molecule has 0 aliphatic heterocycles. The van der Waals surface area contributed by atoms with Crippen LogP contribution in [0.2, 0.25) is 0 Å². The van der Waals surface area contributed by atoms with Crippen LogP contribution in [0.1, 0.15) is 95.6 Å². The van der Waals surface area contributed by atoms with Gasteiger partial charge in [-0.3, -0.25) is 5.01 Å². The first-order chi connectivity index (χ1) is 20.6. The van der Waals surface area contributed by atoms with Crippen molar-refractivity contribution in [2.75, 3.05) is 18.2 Å². The summed E-state index contributed by atoms with van der Waals surface area (Å²) in [6.07, 6.45) is 3.61. The van der Waals surface area contributed by atoms with Crippen molar-refractivity contribution in [2.45, 2.75) is 85.0 Å². The van der Waals surface area contributed by atoms with Gasteiger partial charge < -0.3 is 14.2 Å². The van der Waals surface area contributed by atoms with Crippen molar-refractivity contribution in [3.63, 3.8) is 0 Å². The van der Waals surface area contributed by atoms with E-state index in [2.05, 4.69) is 66.3 Å². The molecule has 236 valence electrons. The van der Waals surface area contributed by atoms with Crippen LogP contribution in [0.4, 0.5) is 11.4 Å². The number of rotatable bonds is 13. The molecule has 0 saturated heterocycles. The average Bonchev–Trinajstić information content (AvgIpc) is 2.97. The molecule has 7 nitrogen and oxygen atoms in total. The van der Waals surface area contributed by atoms with E-state index < -0.39 is 5.97 Å². The SMILES string of the molecule is C=C(C)C(=O)OCCCCCCOc1ccc(C(=O)Oc2ccc(N(N)c3cc(C(C)(C)C)cc(C(C)(C)C)c3)cc2)cc1. The number of hydrogen-bond donors (Lipinski definition) is 1. The van der Waals surface area contributed by atoms with Gasteiger partial charge in [0, 0.05) is 5.57 Å². The number of carbonyl (C=O) groups excluding carboxylic acids is 2. The number of hydrogen-bond acceptors (Lipinski definition) is 7. The lowest BCUT2D eigenvalue weighted by atomic mass is 9.80. The second-order valence-electron chi connectivity index (χ2n) is 13.2. The van der Waals surface area contributed by atoms with Gasteiger partial charge in [-0.15, -0.1) is 0 Å². The van der Waals surface area contributed by atoms with Crippen LogP contribution in [-0.2, 0) is 20.4 Å². The lowest BCUT2D eigenvalue weighted by Crippen LogP contribution is -2.26. The van der Waals surface area contributed by atoms with E-state index in [1.165, 1.54) is 11.1 Å². The Kier molecular flexibility index (Phi) is 11.8. The first-order valence-electron chi connectivity index (χ1n) is 15.2. The maximum Gasteiger partial charge on any atom is 0.343 e. The number of benzene rings is 3. The average molecular weight is 601 g/mol. The summed E-state index contributed by atoms with van der Waals surface area (Å²) in [4.78, 5) is 24.1. The molecule has 3 rings (SSSR count). The van der Waals surface area contributed by atoms with Gasteiger partial charge in [0.1, 0.15) is 11.5 Å². The van der Waals surface area contributed by atoms with Gasteiger partial charge in [-0.25, -0.2) is 15.4 Å². The maximum absolute atomic E-state index is 12.8. The van der Waals surface area contributed by atoms with Crippen molar-refractivity contribution in [3.8, 4) is 11.5 Å². The minimum Gasteiger partial charge on any atom is -0.494 e. The van der Waals surface area contributed by atoms with Gasteiger partial charge in [0.25, 0.3) is 0 Å². The zero-order valence-corrected chi connectivity index (χ0v) is 27.4. The Morgan fingerprint density at radius 2 is 1.25 bits per heavy atom. The summed E-state index contributed by atoms with van der Waals surface area (Å²) in [5.41, 5.74) is 4.91. The number of ether oxygens (including phenoxy) is 3. The largest absolute Gasteiger partial charge is 0.494 e. The van der Waals surface area contributed by atoms with E-state index in [-0.39, 0.29) is 16.8 Å². The van der Waals surface area contributed by atoms with E-state index in [0.717, 1.165) is 37.1 Å². The van der Waals surface area contributed by atoms with Crippen molar-refractivity contribution in [1.82, 2.24) is 0 Å². The van der Waals surface area contributed by atoms with E-state index in [4.69, 9.17) is 20.1 Å². The monoisotopic (exact) mass is 600 g/mol. The molecule has 3 aromatic carbocycles. The van der Waals surface area contributed by atoms with Crippen molar-refractivity contribution < 1.29 is 23.8 Å². The molecule has 0 aliphatic carbocycles. The second-order valence-corrected chi connectivity index (χ2v) is 13.2. The first kappa shape index (κ1) is 34.4. The van der Waals surface area contributed by atoms with E-state index >= 15 is 0 Å². The van der Waals surface area contributed by atoms with Crippen LogP contribution >= 0.6 is 0 Å². The van der Waals surface area contributed by atoms with Gasteiger partial charge in [0.15, 0.2) is 0 Å². The number of anilines is 2. The normalized spacial score (nSPS) is 11.5. The third kappa shape index (κ3) is 10.3. The van der Waals surface area contributed by atoms with Crippen LogP contribution < -0.4 is 20.3 Å². The Balaban J connectivity index is 1.51. The summed E-state index contributed by atoms with van der Waals surface area (Å²) in [6.45, 7) is 19.4. The number of nitrogens with two attached hydrogens (primary N) is 1. The molecule has 0 amide bonds. The lowest BCUT2D eigenvalue weighted by molar-refractivity contribution is -0.139. The summed E-state index contributed by atoms with van der Waals surface area (Å²) < 4.78 is 16.5. The molecule has 0 spiro atoms. The standard InChI is InChI=1S/C37H48N2O5/c1-26(2)34(40)43-22-12-10-9-11-21-42-32-17-13-27(14-18-32)35(41)44-33-19-15-30(16-20-33)39(38)31-24-28(36(3,4)5)23-29(25-31)37(6,7)8/h13-20,23-25H,1,9-12,21-22,38H2,2-8H3. The van der Waals surface area contributed by atoms with Crippen LogP contribution in [-0.4, -0.2) is 25.2 Å². The minimum atomic E-state index is -0.450. The topological polar surface area (TPSA) is 91.1 Å². The summed E-state index contributed by atoms with van der Waals surface area (Å²) in [5, 5.41) is 1.66. The minimum absolute atomic E-state index is 0.0236. The van der Waals surface area contributed by atoms with Gasteiger partial charge in [0.05, 0.1) is 30.2 Å². The van der Waals surface area contributed by atoms with Crippen LogP contribution in [0.15, 0.2) is 78.9 Å². The molecule has 0 aliphatic rings. The van der Waals surface area contributed by atoms with Crippen molar-refractivity contribution >= 4 is 23.3 Å². The molecule has 0 atom stereocenters. The molecule has 0 fully saturated rings. The second kappa shape index (κ2) is 15.1. The van der Waals surface area contributed by atoms with Crippen LogP contribution in [0.3, 0.4) is 0 Å². The Labute approximate surface area is 263 Å². The Bertz CT molecular complexity index is 1380. The molecule has 2 N–H and O–H groups in total. The number of nitrogens with zero attached hydrogens (tertiary/aromatic N) is 1. The fraction of sp³-hybridized carbons (Fsp3) is 0.405. The smallest absolute Gasteiger partial charge is 0.343 e. The maximum atomic E-state index is 12.8. The number of esters is 2. The van der Waals surface area contributed by atoms with Gasteiger partial charge >= 0.3 is 11.9 Å². The first-order valence-corrected chi connectivity index (χ1v) is 15.2.